The third kappa shape index (κ3) is 7.69. The van der Waals surface area contributed by atoms with Gasteiger partial charge < -0.3 is 4.74 Å². The van der Waals surface area contributed by atoms with Crippen LogP contribution in [0.5, 0.6) is 0 Å². The Balaban J connectivity index is 1.98. The van der Waals surface area contributed by atoms with Gasteiger partial charge in [-0.05, 0) is 25.2 Å². The third-order valence-corrected chi connectivity index (χ3v) is 3.35. The zero-order valence-electron chi connectivity index (χ0n) is 10.6. The molecule has 0 aromatic heterocycles. The first-order valence-corrected chi connectivity index (χ1v) is 6.63. The molecule has 1 saturated heterocycles. The Kier molecular flexibility index (Phi) is 6.68. The predicted molar refractivity (Wildman–Crippen MR) is 62.3 cm³/mol. The van der Waals surface area contributed by atoms with E-state index in [1.54, 1.807) is 0 Å². The molecule has 0 saturated carbocycles. The van der Waals surface area contributed by atoms with E-state index in [0.717, 1.165) is 38.9 Å². The SMILES string of the molecule is O=C(CCCCC1CCOCC1)CCC(F)(F)F. The summed E-state index contributed by atoms with van der Waals surface area (Å²) < 4.78 is 40.9. The average molecular weight is 266 g/mol. The minimum atomic E-state index is -4.21. The van der Waals surface area contributed by atoms with Crippen molar-refractivity contribution in [3.05, 3.63) is 0 Å². The molecule has 0 radical (unpaired) electrons. The summed E-state index contributed by atoms with van der Waals surface area (Å²) in [6, 6.07) is 0. The molecule has 5 heteroatoms. The second kappa shape index (κ2) is 7.77. The Morgan fingerprint density at radius 2 is 1.78 bits per heavy atom. The highest BCUT2D eigenvalue weighted by molar-refractivity contribution is 5.78. The Morgan fingerprint density at radius 1 is 1.11 bits per heavy atom. The molecule has 0 aromatic carbocycles. The highest BCUT2D eigenvalue weighted by Crippen LogP contribution is 2.23. The van der Waals surface area contributed by atoms with Gasteiger partial charge >= 0.3 is 6.18 Å². The molecule has 2 nitrogen and oxygen atoms in total. The van der Waals surface area contributed by atoms with Crippen LogP contribution < -0.4 is 0 Å². The zero-order chi connectivity index (χ0) is 13.4. The third-order valence-electron chi connectivity index (χ3n) is 3.35. The molecule has 0 aliphatic carbocycles. The number of halogens is 3. The summed E-state index contributed by atoms with van der Waals surface area (Å²) in [6.07, 6.45) is -0.403. The van der Waals surface area contributed by atoms with E-state index >= 15 is 0 Å². The van der Waals surface area contributed by atoms with Crippen molar-refractivity contribution < 1.29 is 22.7 Å². The van der Waals surface area contributed by atoms with Crippen LogP contribution in [0.2, 0.25) is 0 Å². The van der Waals surface area contributed by atoms with Gasteiger partial charge in [-0.2, -0.15) is 13.2 Å². The topological polar surface area (TPSA) is 26.3 Å². The van der Waals surface area contributed by atoms with E-state index in [4.69, 9.17) is 4.74 Å². The average Bonchev–Trinajstić information content (AvgIpc) is 2.33. The first-order valence-electron chi connectivity index (χ1n) is 6.63. The lowest BCUT2D eigenvalue weighted by Gasteiger charge is -2.21. The van der Waals surface area contributed by atoms with Crippen molar-refractivity contribution in [3.63, 3.8) is 0 Å². The van der Waals surface area contributed by atoms with Gasteiger partial charge in [0.1, 0.15) is 5.78 Å². The summed E-state index contributed by atoms with van der Waals surface area (Å²) >= 11 is 0. The van der Waals surface area contributed by atoms with E-state index in [9.17, 15) is 18.0 Å². The van der Waals surface area contributed by atoms with Crippen LogP contribution in [0.1, 0.15) is 51.4 Å². The fourth-order valence-corrected chi connectivity index (χ4v) is 2.20. The lowest BCUT2D eigenvalue weighted by atomic mass is 9.93. The molecular weight excluding hydrogens is 245 g/mol. The number of hydrogen-bond acceptors (Lipinski definition) is 2. The number of hydrogen-bond donors (Lipinski definition) is 0. The number of carbonyl (C=O) groups is 1. The largest absolute Gasteiger partial charge is 0.389 e. The van der Waals surface area contributed by atoms with E-state index in [0.29, 0.717) is 18.8 Å². The first-order chi connectivity index (χ1) is 8.47. The molecule has 0 atom stereocenters. The van der Waals surface area contributed by atoms with Gasteiger partial charge in [-0.15, -0.1) is 0 Å². The van der Waals surface area contributed by atoms with Gasteiger partial charge in [-0.1, -0.05) is 12.8 Å². The Hall–Kier alpha value is -0.580. The molecule has 0 aromatic rings. The molecule has 0 amide bonds. The van der Waals surface area contributed by atoms with Crippen molar-refractivity contribution in [2.24, 2.45) is 5.92 Å². The van der Waals surface area contributed by atoms with E-state index in [-0.39, 0.29) is 12.2 Å². The maximum absolute atomic E-state index is 11.9. The minimum Gasteiger partial charge on any atom is -0.381 e. The predicted octanol–water partition coefficient (Wildman–Crippen LogP) is 3.89. The van der Waals surface area contributed by atoms with Crippen molar-refractivity contribution in [2.75, 3.05) is 13.2 Å². The van der Waals surface area contributed by atoms with Crippen LogP contribution in [0.15, 0.2) is 0 Å². The Morgan fingerprint density at radius 3 is 2.39 bits per heavy atom. The number of rotatable bonds is 7. The van der Waals surface area contributed by atoms with Crippen molar-refractivity contribution in [2.45, 2.75) is 57.5 Å². The van der Waals surface area contributed by atoms with Gasteiger partial charge in [0.25, 0.3) is 0 Å². The molecule has 1 aliphatic heterocycles. The van der Waals surface area contributed by atoms with Crippen molar-refractivity contribution in [1.82, 2.24) is 0 Å². The second-order valence-electron chi connectivity index (χ2n) is 4.96. The summed E-state index contributed by atoms with van der Waals surface area (Å²) in [5.74, 6) is 0.406. The summed E-state index contributed by atoms with van der Waals surface area (Å²) in [5, 5.41) is 0. The quantitative estimate of drug-likeness (QED) is 0.653. The smallest absolute Gasteiger partial charge is 0.381 e. The van der Waals surface area contributed by atoms with Crippen LogP contribution in [-0.2, 0) is 9.53 Å². The molecule has 0 bridgehead atoms. The van der Waals surface area contributed by atoms with Gasteiger partial charge in [0.2, 0.25) is 0 Å². The van der Waals surface area contributed by atoms with Gasteiger partial charge in [0.15, 0.2) is 0 Å². The van der Waals surface area contributed by atoms with Crippen LogP contribution in [0.25, 0.3) is 0 Å². The molecule has 0 spiro atoms. The molecule has 1 aliphatic rings. The van der Waals surface area contributed by atoms with Crippen LogP contribution in [-0.4, -0.2) is 25.2 Å². The van der Waals surface area contributed by atoms with Crippen molar-refractivity contribution >= 4 is 5.78 Å². The second-order valence-corrected chi connectivity index (χ2v) is 4.96. The minimum absolute atomic E-state index is 0.265. The molecule has 1 heterocycles. The number of Topliss-reactive ketones (excluding diaryl/α,β-unsaturated/α-hetero) is 1. The van der Waals surface area contributed by atoms with Gasteiger partial charge in [-0.25, -0.2) is 0 Å². The van der Waals surface area contributed by atoms with Gasteiger partial charge in [-0.3, -0.25) is 4.79 Å². The van der Waals surface area contributed by atoms with Gasteiger partial charge in [0, 0.05) is 26.1 Å². The lowest BCUT2D eigenvalue weighted by Crippen LogP contribution is -2.15. The van der Waals surface area contributed by atoms with E-state index < -0.39 is 12.6 Å². The van der Waals surface area contributed by atoms with E-state index in [2.05, 4.69) is 0 Å². The number of ketones is 1. The highest BCUT2D eigenvalue weighted by Gasteiger charge is 2.27. The summed E-state index contributed by atoms with van der Waals surface area (Å²) in [5.41, 5.74) is 0. The van der Waals surface area contributed by atoms with Crippen LogP contribution in [0, 0.1) is 5.92 Å². The number of unbranched alkanes of at least 4 members (excludes halogenated alkanes) is 1. The standard InChI is InChI=1S/C13H21F3O2/c14-13(15,16)8-5-12(17)4-2-1-3-11-6-9-18-10-7-11/h11H,1-10H2. The molecule has 18 heavy (non-hydrogen) atoms. The number of alkyl halides is 3. The molecular formula is C13H21F3O2. The van der Waals surface area contributed by atoms with Crippen molar-refractivity contribution in [3.8, 4) is 0 Å². The van der Waals surface area contributed by atoms with Crippen LogP contribution in [0.4, 0.5) is 13.2 Å². The normalized spacial score (nSPS) is 17.9. The number of carbonyl (C=O) groups excluding carboxylic acids is 1. The van der Waals surface area contributed by atoms with Crippen molar-refractivity contribution in [1.29, 1.82) is 0 Å². The molecule has 0 N–H and O–H groups in total. The van der Waals surface area contributed by atoms with Crippen LogP contribution >= 0.6 is 0 Å². The van der Waals surface area contributed by atoms with E-state index in [1.165, 1.54) is 0 Å². The first kappa shape index (κ1) is 15.5. The zero-order valence-corrected chi connectivity index (χ0v) is 10.6. The summed E-state index contributed by atoms with van der Waals surface area (Å²) in [7, 11) is 0. The molecule has 106 valence electrons. The lowest BCUT2D eigenvalue weighted by molar-refractivity contribution is -0.143. The molecule has 1 rings (SSSR count). The van der Waals surface area contributed by atoms with Crippen LogP contribution in [0.3, 0.4) is 0 Å². The summed E-state index contributed by atoms with van der Waals surface area (Å²) in [6.45, 7) is 1.63. The number of ether oxygens (including phenoxy) is 1. The Labute approximate surface area is 106 Å². The maximum Gasteiger partial charge on any atom is 0.389 e. The fraction of sp³-hybridized carbons (Fsp3) is 0.923. The summed E-state index contributed by atoms with van der Waals surface area (Å²) in [4.78, 5) is 11.2. The van der Waals surface area contributed by atoms with E-state index in [1.807, 2.05) is 0 Å². The molecule has 1 fully saturated rings. The Bertz CT molecular complexity index is 245. The maximum atomic E-state index is 11.9. The molecule has 0 unspecified atom stereocenters. The van der Waals surface area contributed by atoms with Gasteiger partial charge in [0.05, 0.1) is 6.42 Å². The highest BCUT2D eigenvalue weighted by atomic mass is 19.4. The monoisotopic (exact) mass is 266 g/mol. The fourth-order valence-electron chi connectivity index (χ4n) is 2.20.